The third kappa shape index (κ3) is 3.52. The SMILES string of the molecule is COc1ccc(-c2ncnc3c2c(C(=O)NCCN(C)C)c2ccccn23)cc1. The summed E-state index contributed by atoms with van der Waals surface area (Å²) in [5.41, 5.74) is 3.72. The van der Waals surface area contributed by atoms with Crippen LogP contribution in [0.15, 0.2) is 55.0 Å². The molecule has 0 spiro atoms. The summed E-state index contributed by atoms with van der Waals surface area (Å²) in [6.45, 7) is 1.32. The van der Waals surface area contributed by atoms with Crippen molar-refractivity contribution in [1.82, 2.24) is 24.6 Å². The molecule has 0 aliphatic heterocycles. The standard InChI is InChI=1S/C22H23N5O2/c1-26(2)13-11-23-22(28)18-17-6-4-5-12-27(17)21-19(18)20(24-14-25-21)15-7-9-16(29-3)10-8-15/h4-10,12,14H,11,13H2,1-3H3,(H,23,28). The molecule has 3 aromatic heterocycles. The molecule has 1 amide bonds. The fourth-order valence-electron chi connectivity index (χ4n) is 3.43. The number of likely N-dealkylation sites (N-methyl/N-ethyl adjacent to an activating group) is 1. The molecule has 4 rings (SSSR count). The van der Waals surface area contributed by atoms with Crippen molar-refractivity contribution < 1.29 is 9.53 Å². The van der Waals surface area contributed by atoms with Gasteiger partial charge in [-0.1, -0.05) is 6.07 Å². The number of nitrogens with one attached hydrogen (secondary N) is 1. The maximum absolute atomic E-state index is 13.2. The summed E-state index contributed by atoms with van der Waals surface area (Å²) in [6.07, 6.45) is 3.45. The third-order valence-corrected chi connectivity index (χ3v) is 4.86. The van der Waals surface area contributed by atoms with Gasteiger partial charge in [0.2, 0.25) is 0 Å². The largest absolute Gasteiger partial charge is 0.497 e. The van der Waals surface area contributed by atoms with Gasteiger partial charge >= 0.3 is 0 Å². The number of methoxy groups -OCH3 is 1. The molecule has 7 nitrogen and oxygen atoms in total. The number of amides is 1. The number of ether oxygens (including phenoxy) is 1. The topological polar surface area (TPSA) is 71.8 Å². The first-order valence-electron chi connectivity index (χ1n) is 9.41. The smallest absolute Gasteiger partial charge is 0.254 e. The van der Waals surface area contributed by atoms with Crippen LogP contribution in [0.2, 0.25) is 0 Å². The molecule has 0 atom stereocenters. The van der Waals surface area contributed by atoms with E-state index in [0.29, 0.717) is 17.8 Å². The summed E-state index contributed by atoms with van der Waals surface area (Å²) in [6, 6.07) is 13.4. The molecule has 1 N–H and O–H groups in total. The van der Waals surface area contributed by atoms with Crippen molar-refractivity contribution >= 4 is 22.5 Å². The van der Waals surface area contributed by atoms with Gasteiger partial charge in [0.1, 0.15) is 17.7 Å². The number of carbonyl (C=O) groups excluding carboxylic acids is 1. The Morgan fingerprint density at radius 3 is 2.66 bits per heavy atom. The number of hydrogen-bond acceptors (Lipinski definition) is 5. The summed E-state index contributed by atoms with van der Waals surface area (Å²) in [7, 11) is 5.59. The van der Waals surface area contributed by atoms with Gasteiger partial charge in [-0.25, -0.2) is 9.97 Å². The van der Waals surface area contributed by atoms with E-state index in [9.17, 15) is 4.79 Å². The Kier molecular flexibility index (Phi) is 5.14. The summed E-state index contributed by atoms with van der Waals surface area (Å²) < 4.78 is 7.20. The molecule has 7 heteroatoms. The van der Waals surface area contributed by atoms with E-state index in [1.54, 1.807) is 7.11 Å². The highest BCUT2D eigenvalue weighted by atomic mass is 16.5. The number of nitrogens with zero attached hydrogens (tertiary/aromatic N) is 4. The van der Waals surface area contributed by atoms with E-state index in [1.807, 2.05) is 72.1 Å². The normalized spacial score (nSPS) is 11.3. The molecule has 29 heavy (non-hydrogen) atoms. The molecule has 148 valence electrons. The average molecular weight is 389 g/mol. The molecule has 0 aliphatic rings. The van der Waals surface area contributed by atoms with Gasteiger partial charge in [0.15, 0.2) is 0 Å². The molecule has 0 bridgehead atoms. The number of rotatable bonds is 6. The second-order valence-corrected chi connectivity index (χ2v) is 7.04. The van der Waals surface area contributed by atoms with Gasteiger partial charge in [-0.3, -0.25) is 4.79 Å². The van der Waals surface area contributed by atoms with Gasteiger partial charge in [0.25, 0.3) is 5.91 Å². The second-order valence-electron chi connectivity index (χ2n) is 7.04. The van der Waals surface area contributed by atoms with Crippen LogP contribution < -0.4 is 10.1 Å². The van der Waals surface area contributed by atoms with Crippen LogP contribution >= 0.6 is 0 Å². The van der Waals surface area contributed by atoms with Crippen molar-refractivity contribution in [2.45, 2.75) is 0 Å². The predicted octanol–water partition coefficient (Wildman–Crippen LogP) is 2.85. The van der Waals surface area contributed by atoms with Crippen molar-refractivity contribution in [1.29, 1.82) is 0 Å². The van der Waals surface area contributed by atoms with Crippen LogP contribution in [0.3, 0.4) is 0 Å². The first-order valence-corrected chi connectivity index (χ1v) is 9.41. The molecule has 0 saturated carbocycles. The van der Waals surface area contributed by atoms with Gasteiger partial charge in [0.05, 0.1) is 29.3 Å². The number of benzene rings is 1. The Labute approximate surface area is 169 Å². The third-order valence-electron chi connectivity index (χ3n) is 4.86. The van der Waals surface area contributed by atoms with Crippen LogP contribution in [0, 0.1) is 0 Å². The highest BCUT2D eigenvalue weighted by Gasteiger charge is 2.22. The van der Waals surface area contributed by atoms with Crippen LogP contribution in [0.4, 0.5) is 0 Å². The predicted molar refractivity (Wildman–Crippen MR) is 113 cm³/mol. The summed E-state index contributed by atoms with van der Waals surface area (Å²) in [4.78, 5) is 24.2. The summed E-state index contributed by atoms with van der Waals surface area (Å²) in [5, 5.41) is 3.77. The zero-order valence-corrected chi connectivity index (χ0v) is 16.7. The highest BCUT2D eigenvalue weighted by Crippen LogP contribution is 2.33. The van der Waals surface area contributed by atoms with E-state index in [2.05, 4.69) is 15.3 Å². The van der Waals surface area contributed by atoms with Crippen LogP contribution in [0.25, 0.3) is 27.8 Å². The van der Waals surface area contributed by atoms with E-state index in [4.69, 9.17) is 4.74 Å². The number of hydrogen-bond donors (Lipinski definition) is 1. The van der Waals surface area contributed by atoms with Crippen molar-refractivity contribution in [3.63, 3.8) is 0 Å². The lowest BCUT2D eigenvalue weighted by molar-refractivity contribution is 0.0954. The quantitative estimate of drug-likeness (QED) is 0.549. The number of carbonyl (C=O) groups is 1. The van der Waals surface area contributed by atoms with Gasteiger partial charge in [-0.2, -0.15) is 0 Å². The molecule has 0 saturated heterocycles. The van der Waals surface area contributed by atoms with E-state index < -0.39 is 0 Å². The van der Waals surface area contributed by atoms with Crippen LogP contribution in [-0.2, 0) is 0 Å². The minimum Gasteiger partial charge on any atom is -0.497 e. The van der Waals surface area contributed by atoms with Gasteiger partial charge < -0.3 is 19.4 Å². The van der Waals surface area contributed by atoms with Crippen molar-refractivity contribution in [3.05, 3.63) is 60.6 Å². The molecular weight excluding hydrogens is 366 g/mol. The molecule has 0 fully saturated rings. The minimum atomic E-state index is -0.130. The maximum Gasteiger partial charge on any atom is 0.254 e. The second kappa shape index (κ2) is 7.89. The fourth-order valence-corrected chi connectivity index (χ4v) is 3.43. The highest BCUT2D eigenvalue weighted by molar-refractivity contribution is 6.16. The zero-order valence-electron chi connectivity index (χ0n) is 16.7. The zero-order chi connectivity index (χ0) is 20.4. The number of fused-ring (bicyclic) bond motifs is 3. The summed E-state index contributed by atoms with van der Waals surface area (Å²) in [5.74, 6) is 0.637. The first kappa shape index (κ1) is 18.9. The lowest BCUT2D eigenvalue weighted by atomic mass is 10.0. The lowest BCUT2D eigenvalue weighted by Crippen LogP contribution is -2.31. The van der Waals surface area contributed by atoms with Gasteiger partial charge in [0, 0.05) is 24.8 Å². The molecule has 0 radical (unpaired) electrons. The number of pyridine rings is 1. The molecule has 0 aliphatic carbocycles. The minimum absolute atomic E-state index is 0.130. The molecule has 1 aromatic carbocycles. The number of aromatic nitrogens is 3. The van der Waals surface area contributed by atoms with E-state index in [1.165, 1.54) is 6.33 Å². The van der Waals surface area contributed by atoms with Crippen molar-refractivity contribution in [3.8, 4) is 17.0 Å². The Balaban J connectivity index is 1.90. The fraction of sp³-hybridized carbons (Fsp3) is 0.227. The Morgan fingerprint density at radius 2 is 1.93 bits per heavy atom. The molecule has 4 aromatic rings. The molecular formula is C22H23N5O2. The monoisotopic (exact) mass is 389 g/mol. The van der Waals surface area contributed by atoms with Crippen LogP contribution in [0.1, 0.15) is 10.4 Å². The van der Waals surface area contributed by atoms with Crippen LogP contribution in [0.5, 0.6) is 5.75 Å². The van der Waals surface area contributed by atoms with Crippen LogP contribution in [-0.4, -0.2) is 59.5 Å². The van der Waals surface area contributed by atoms with Gasteiger partial charge in [-0.05, 0) is 50.5 Å². The first-order chi connectivity index (χ1) is 14.1. The molecule has 0 unspecified atom stereocenters. The maximum atomic E-state index is 13.2. The van der Waals surface area contributed by atoms with Crippen molar-refractivity contribution in [2.75, 3.05) is 34.3 Å². The Bertz CT molecular complexity index is 1170. The summed E-state index contributed by atoms with van der Waals surface area (Å²) >= 11 is 0. The Morgan fingerprint density at radius 1 is 1.14 bits per heavy atom. The van der Waals surface area contributed by atoms with E-state index >= 15 is 0 Å². The lowest BCUT2D eigenvalue weighted by Gasteiger charge is -2.11. The molecule has 3 heterocycles. The Hall–Kier alpha value is -3.45. The van der Waals surface area contributed by atoms with E-state index in [0.717, 1.165) is 34.5 Å². The van der Waals surface area contributed by atoms with Crippen molar-refractivity contribution in [2.24, 2.45) is 0 Å². The van der Waals surface area contributed by atoms with Gasteiger partial charge in [-0.15, -0.1) is 0 Å². The van der Waals surface area contributed by atoms with E-state index in [-0.39, 0.29) is 5.91 Å². The average Bonchev–Trinajstić information content (AvgIpc) is 3.08.